The molecule has 1 atom stereocenters. The van der Waals surface area contributed by atoms with Crippen molar-refractivity contribution in [3.05, 3.63) is 26.2 Å². The Balaban J connectivity index is 2.66. The van der Waals surface area contributed by atoms with E-state index in [1.54, 1.807) is 6.92 Å². The third-order valence-electron chi connectivity index (χ3n) is 2.16. The fraction of sp³-hybridized carbons (Fsp3) is 0.273. The lowest BCUT2D eigenvalue weighted by Crippen LogP contribution is -2.44. The standard InChI is InChI=1S/C11H13BrIN3O2/c1-6(10(17)16-11(18)14-2)15-9-4-3-7(13)5-8(9)12/h3-6,15H,1-2H3,(H2,14,16,17,18). The molecule has 0 fully saturated rings. The van der Waals surface area contributed by atoms with Crippen LogP contribution in [-0.2, 0) is 4.79 Å². The highest BCUT2D eigenvalue weighted by Crippen LogP contribution is 2.24. The average Bonchev–Trinajstić information content (AvgIpc) is 2.32. The zero-order valence-corrected chi connectivity index (χ0v) is 13.6. The molecule has 0 aliphatic heterocycles. The van der Waals surface area contributed by atoms with E-state index in [2.05, 4.69) is 54.5 Å². The SMILES string of the molecule is CNC(=O)NC(=O)C(C)Nc1ccc(I)cc1Br. The lowest BCUT2D eigenvalue weighted by molar-refractivity contribution is -0.120. The summed E-state index contributed by atoms with van der Waals surface area (Å²) in [5.74, 6) is -0.389. The van der Waals surface area contributed by atoms with Gasteiger partial charge in [-0.15, -0.1) is 0 Å². The Labute approximate surface area is 127 Å². The van der Waals surface area contributed by atoms with E-state index in [-0.39, 0.29) is 5.91 Å². The number of benzene rings is 1. The molecule has 18 heavy (non-hydrogen) atoms. The van der Waals surface area contributed by atoms with Gasteiger partial charge in [0.05, 0.1) is 0 Å². The van der Waals surface area contributed by atoms with Crippen LogP contribution in [0.15, 0.2) is 22.7 Å². The van der Waals surface area contributed by atoms with Gasteiger partial charge < -0.3 is 10.6 Å². The van der Waals surface area contributed by atoms with E-state index in [1.807, 2.05) is 18.2 Å². The molecule has 0 saturated carbocycles. The first-order chi connectivity index (χ1) is 8.43. The van der Waals surface area contributed by atoms with Gasteiger partial charge in [-0.1, -0.05) is 0 Å². The molecule has 1 unspecified atom stereocenters. The Morgan fingerprint density at radius 1 is 1.39 bits per heavy atom. The topological polar surface area (TPSA) is 70.2 Å². The summed E-state index contributed by atoms with van der Waals surface area (Å²) in [5.41, 5.74) is 0.801. The van der Waals surface area contributed by atoms with E-state index in [4.69, 9.17) is 0 Å². The number of imide groups is 1. The van der Waals surface area contributed by atoms with Crippen LogP contribution in [0.5, 0.6) is 0 Å². The summed E-state index contributed by atoms with van der Waals surface area (Å²) in [6.07, 6.45) is 0. The Kier molecular flexibility index (Phi) is 5.86. The molecule has 0 bridgehead atoms. The first-order valence-electron chi connectivity index (χ1n) is 5.18. The molecule has 0 aromatic heterocycles. The predicted molar refractivity (Wildman–Crippen MR) is 82.5 cm³/mol. The van der Waals surface area contributed by atoms with Crippen LogP contribution in [-0.4, -0.2) is 25.0 Å². The number of carbonyl (C=O) groups excluding carboxylic acids is 2. The van der Waals surface area contributed by atoms with Crippen molar-refractivity contribution in [1.29, 1.82) is 0 Å². The van der Waals surface area contributed by atoms with Crippen LogP contribution in [0, 0.1) is 3.57 Å². The van der Waals surface area contributed by atoms with Crippen molar-refractivity contribution in [1.82, 2.24) is 10.6 Å². The number of carbonyl (C=O) groups is 2. The molecule has 0 aliphatic carbocycles. The molecule has 1 rings (SSSR count). The minimum Gasteiger partial charge on any atom is -0.373 e. The number of rotatable bonds is 3. The molecule has 98 valence electrons. The van der Waals surface area contributed by atoms with Gasteiger partial charge in [-0.25, -0.2) is 4.79 Å². The minimum absolute atomic E-state index is 0.389. The molecule has 7 heteroatoms. The highest BCUT2D eigenvalue weighted by Gasteiger charge is 2.15. The zero-order valence-electron chi connectivity index (χ0n) is 9.88. The Morgan fingerprint density at radius 2 is 2.06 bits per heavy atom. The Hall–Kier alpha value is -0.830. The smallest absolute Gasteiger partial charge is 0.321 e. The highest BCUT2D eigenvalue weighted by atomic mass is 127. The third kappa shape index (κ3) is 4.45. The monoisotopic (exact) mass is 425 g/mol. The number of hydrogen-bond acceptors (Lipinski definition) is 3. The largest absolute Gasteiger partial charge is 0.373 e. The number of anilines is 1. The molecule has 0 spiro atoms. The summed E-state index contributed by atoms with van der Waals surface area (Å²) in [4.78, 5) is 22.7. The molecule has 0 heterocycles. The summed E-state index contributed by atoms with van der Waals surface area (Å²) >= 11 is 5.61. The fourth-order valence-electron chi connectivity index (χ4n) is 1.19. The molecular formula is C11H13BrIN3O2. The number of halogens is 2. The van der Waals surface area contributed by atoms with Crippen molar-refractivity contribution >= 4 is 56.1 Å². The van der Waals surface area contributed by atoms with E-state index in [9.17, 15) is 9.59 Å². The minimum atomic E-state index is -0.518. The van der Waals surface area contributed by atoms with Crippen LogP contribution in [0.2, 0.25) is 0 Å². The van der Waals surface area contributed by atoms with Crippen molar-refractivity contribution in [2.75, 3.05) is 12.4 Å². The van der Waals surface area contributed by atoms with E-state index in [0.29, 0.717) is 0 Å². The van der Waals surface area contributed by atoms with Gasteiger partial charge in [0.25, 0.3) is 0 Å². The number of hydrogen-bond donors (Lipinski definition) is 3. The van der Waals surface area contributed by atoms with Gasteiger partial charge in [0.1, 0.15) is 6.04 Å². The van der Waals surface area contributed by atoms with Crippen molar-refractivity contribution in [3.8, 4) is 0 Å². The number of amides is 3. The highest BCUT2D eigenvalue weighted by molar-refractivity contribution is 14.1. The van der Waals surface area contributed by atoms with Crippen LogP contribution in [0.4, 0.5) is 10.5 Å². The van der Waals surface area contributed by atoms with Crippen LogP contribution in [0.25, 0.3) is 0 Å². The summed E-state index contributed by atoms with van der Waals surface area (Å²) in [6.45, 7) is 1.68. The van der Waals surface area contributed by atoms with Crippen molar-refractivity contribution in [2.24, 2.45) is 0 Å². The molecule has 1 aromatic carbocycles. The molecule has 0 radical (unpaired) electrons. The zero-order chi connectivity index (χ0) is 13.7. The van der Waals surface area contributed by atoms with Gasteiger partial charge in [0.2, 0.25) is 5.91 Å². The van der Waals surface area contributed by atoms with E-state index in [1.165, 1.54) is 7.05 Å². The van der Waals surface area contributed by atoms with Crippen molar-refractivity contribution in [2.45, 2.75) is 13.0 Å². The van der Waals surface area contributed by atoms with Gasteiger partial charge in [-0.2, -0.15) is 0 Å². The Morgan fingerprint density at radius 3 is 2.61 bits per heavy atom. The van der Waals surface area contributed by atoms with Crippen LogP contribution in [0.3, 0.4) is 0 Å². The molecule has 5 nitrogen and oxygen atoms in total. The third-order valence-corrected chi connectivity index (χ3v) is 3.49. The maximum atomic E-state index is 11.6. The molecule has 3 amide bonds. The second-order valence-corrected chi connectivity index (χ2v) is 5.66. The van der Waals surface area contributed by atoms with Crippen LogP contribution >= 0.6 is 38.5 Å². The van der Waals surface area contributed by atoms with Gasteiger partial charge in [0, 0.05) is 20.8 Å². The molecule has 1 aromatic rings. The van der Waals surface area contributed by atoms with Gasteiger partial charge in [-0.05, 0) is 63.6 Å². The first kappa shape index (κ1) is 15.2. The quantitative estimate of drug-likeness (QED) is 0.651. The van der Waals surface area contributed by atoms with E-state index in [0.717, 1.165) is 13.7 Å². The van der Waals surface area contributed by atoms with Crippen molar-refractivity contribution < 1.29 is 9.59 Å². The van der Waals surface area contributed by atoms with E-state index >= 15 is 0 Å². The lowest BCUT2D eigenvalue weighted by atomic mass is 10.2. The average molecular weight is 426 g/mol. The fourth-order valence-corrected chi connectivity index (χ4v) is 2.60. The first-order valence-corrected chi connectivity index (χ1v) is 7.05. The number of urea groups is 1. The maximum Gasteiger partial charge on any atom is 0.321 e. The summed E-state index contributed by atoms with van der Waals surface area (Å²) in [7, 11) is 1.45. The molecule has 0 saturated heterocycles. The maximum absolute atomic E-state index is 11.6. The normalized spacial score (nSPS) is 11.6. The van der Waals surface area contributed by atoms with Crippen LogP contribution < -0.4 is 16.0 Å². The van der Waals surface area contributed by atoms with E-state index < -0.39 is 12.1 Å². The molecular weight excluding hydrogens is 413 g/mol. The Bertz CT molecular complexity index is 468. The van der Waals surface area contributed by atoms with Gasteiger partial charge >= 0.3 is 6.03 Å². The molecule has 0 aliphatic rings. The number of nitrogens with one attached hydrogen (secondary N) is 3. The second kappa shape index (κ2) is 6.93. The summed E-state index contributed by atoms with van der Waals surface area (Å²) in [5, 5.41) is 7.56. The van der Waals surface area contributed by atoms with Gasteiger partial charge in [0.15, 0.2) is 0 Å². The second-order valence-electron chi connectivity index (χ2n) is 3.56. The lowest BCUT2D eigenvalue weighted by Gasteiger charge is -2.15. The summed E-state index contributed by atoms with van der Waals surface area (Å²) < 4.78 is 1.96. The van der Waals surface area contributed by atoms with Gasteiger partial charge in [-0.3, -0.25) is 10.1 Å². The molecule has 3 N–H and O–H groups in total. The van der Waals surface area contributed by atoms with Crippen molar-refractivity contribution in [3.63, 3.8) is 0 Å². The predicted octanol–water partition coefficient (Wildman–Crippen LogP) is 2.31. The van der Waals surface area contributed by atoms with Crippen LogP contribution in [0.1, 0.15) is 6.92 Å². The summed E-state index contributed by atoms with van der Waals surface area (Å²) in [6, 6.07) is 4.70.